The lowest BCUT2D eigenvalue weighted by Crippen LogP contribution is -2.18. The summed E-state index contributed by atoms with van der Waals surface area (Å²) in [6, 6.07) is 20.4. The summed E-state index contributed by atoms with van der Waals surface area (Å²) in [5.41, 5.74) is 4.30. The van der Waals surface area contributed by atoms with Crippen molar-refractivity contribution in [3.05, 3.63) is 92.4 Å². The average Bonchev–Trinajstić information content (AvgIpc) is 2.70. The fourth-order valence-corrected chi connectivity index (χ4v) is 3.64. The van der Waals surface area contributed by atoms with E-state index in [1.165, 1.54) is 12.3 Å². The minimum absolute atomic E-state index is 0.104. The number of amides is 1. The number of benzene rings is 3. The third-order valence-corrected chi connectivity index (χ3v) is 4.86. The number of nitrogens with one attached hydrogen (secondary N) is 1. The molecule has 28 heavy (non-hydrogen) atoms. The molecule has 5 nitrogen and oxygen atoms in total. The van der Waals surface area contributed by atoms with Crippen LogP contribution in [0.3, 0.4) is 0 Å². The first kappa shape index (κ1) is 20.1. The van der Waals surface area contributed by atoms with Crippen molar-refractivity contribution in [1.29, 1.82) is 0 Å². The van der Waals surface area contributed by atoms with Crippen LogP contribution >= 0.6 is 31.9 Å². The van der Waals surface area contributed by atoms with Gasteiger partial charge in [0, 0.05) is 10.0 Å². The van der Waals surface area contributed by atoms with Crippen LogP contribution in [0.15, 0.2) is 80.8 Å². The van der Waals surface area contributed by atoms with Crippen molar-refractivity contribution in [3.8, 4) is 11.5 Å². The lowest BCUT2D eigenvalue weighted by molar-refractivity contribution is 0.0952. The summed E-state index contributed by atoms with van der Waals surface area (Å²) in [4.78, 5) is 12.3. The summed E-state index contributed by atoms with van der Waals surface area (Å²) >= 11 is 6.49. The largest absolute Gasteiger partial charge is 0.506 e. The summed E-state index contributed by atoms with van der Waals surface area (Å²) in [6.45, 7) is 0.429. The number of hydrazone groups is 1. The summed E-state index contributed by atoms with van der Waals surface area (Å²) in [5.74, 6) is -0.0293. The van der Waals surface area contributed by atoms with Crippen molar-refractivity contribution in [2.75, 3.05) is 0 Å². The lowest BCUT2D eigenvalue weighted by Gasteiger charge is -2.09. The molecule has 0 spiro atoms. The van der Waals surface area contributed by atoms with Crippen LogP contribution in [0, 0.1) is 0 Å². The minimum Gasteiger partial charge on any atom is -0.506 e. The minimum atomic E-state index is -0.529. The monoisotopic (exact) mass is 502 g/mol. The first-order chi connectivity index (χ1) is 13.5. The smallest absolute Gasteiger partial charge is 0.275 e. The van der Waals surface area contributed by atoms with Gasteiger partial charge in [-0.3, -0.25) is 4.79 Å². The number of carbonyl (C=O) groups is 1. The molecular weight excluding hydrogens is 488 g/mol. The molecule has 0 unspecified atom stereocenters. The Morgan fingerprint density at radius 1 is 1.07 bits per heavy atom. The van der Waals surface area contributed by atoms with Crippen LogP contribution < -0.4 is 10.2 Å². The Balaban J connectivity index is 1.68. The lowest BCUT2D eigenvalue weighted by atomic mass is 10.2. The zero-order valence-electron chi connectivity index (χ0n) is 14.6. The first-order valence-electron chi connectivity index (χ1n) is 8.32. The summed E-state index contributed by atoms with van der Waals surface area (Å²) in [7, 11) is 0. The van der Waals surface area contributed by atoms with Crippen LogP contribution in [0.25, 0.3) is 0 Å². The quantitative estimate of drug-likeness (QED) is 0.356. The number of hydrogen-bond acceptors (Lipinski definition) is 4. The molecule has 142 valence electrons. The van der Waals surface area contributed by atoms with Crippen molar-refractivity contribution in [3.63, 3.8) is 0 Å². The van der Waals surface area contributed by atoms with Crippen molar-refractivity contribution in [2.24, 2.45) is 5.10 Å². The van der Waals surface area contributed by atoms with Gasteiger partial charge < -0.3 is 9.84 Å². The number of ether oxygens (including phenoxy) is 1. The van der Waals surface area contributed by atoms with Gasteiger partial charge in [-0.1, -0.05) is 58.4 Å². The zero-order chi connectivity index (χ0) is 19.9. The third-order valence-electron chi connectivity index (χ3n) is 3.80. The highest BCUT2D eigenvalue weighted by molar-refractivity contribution is 9.11. The Kier molecular flexibility index (Phi) is 6.84. The number of para-hydroxylation sites is 1. The predicted molar refractivity (Wildman–Crippen MR) is 116 cm³/mol. The highest BCUT2D eigenvalue weighted by atomic mass is 79.9. The van der Waals surface area contributed by atoms with Crippen LogP contribution in [0.2, 0.25) is 0 Å². The van der Waals surface area contributed by atoms with Crippen LogP contribution in [0.5, 0.6) is 11.5 Å². The number of nitrogens with zero attached hydrogens (tertiary/aromatic N) is 1. The van der Waals surface area contributed by atoms with Gasteiger partial charge in [0.25, 0.3) is 5.91 Å². The maximum atomic E-state index is 12.3. The Morgan fingerprint density at radius 2 is 1.79 bits per heavy atom. The molecule has 0 saturated heterocycles. The molecule has 0 bridgehead atoms. The molecule has 0 saturated carbocycles. The maximum absolute atomic E-state index is 12.3. The van der Waals surface area contributed by atoms with E-state index in [0.717, 1.165) is 11.1 Å². The van der Waals surface area contributed by atoms with Gasteiger partial charge in [-0.15, -0.1) is 0 Å². The molecule has 2 N–H and O–H groups in total. The van der Waals surface area contributed by atoms with E-state index in [1.54, 1.807) is 6.07 Å². The van der Waals surface area contributed by atoms with E-state index in [-0.39, 0.29) is 11.3 Å². The third kappa shape index (κ3) is 5.21. The van der Waals surface area contributed by atoms with Gasteiger partial charge in [-0.05, 0) is 45.8 Å². The van der Waals surface area contributed by atoms with Gasteiger partial charge in [0.05, 0.1) is 16.3 Å². The molecule has 7 heteroatoms. The maximum Gasteiger partial charge on any atom is 0.275 e. The SMILES string of the molecule is O=C(N/N=C/c1ccccc1OCc1ccccc1)c1cc(Br)cc(Br)c1O. The second kappa shape index (κ2) is 9.52. The van der Waals surface area contributed by atoms with E-state index in [4.69, 9.17) is 4.74 Å². The normalized spacial score (nSPS) is 10.8. The van der Waals surface area contributed by atoms with E-state index < -0.39 is 5.91 Å². The Morgan fingerprint density at radius 3 is 2.57 bits per heavy atom. The van der Waals surface area contributed by atoms with Crippen molar-refractivity contribution in [2.45, 2.75) is 6.61 Å². The second-order valence-corrected chi connectivity index (χ2v) is 7.57. The van der Waals surface area contributed by atoms with Crippen LogP contribution in [0.1, 0.15) is 21.5 Å². The van der Waals surface area contributed by atoms with Crippen LogP contribution in [-0.4, -0.2) is 17.2 Å². The molecule has 0 aromatic heterocycles. The topological polar surface area (TPSA) is 70.9 Å². The number of phenolic OH excluding ortho intramolecular Hbond substituents is 1. The summed E-state index contributed by atoms with van der Waals surface area (Å²) in [5, 5.41) is 14.0. The molecule has 0 aliphatic rings. The molecule has 3 aromatic rings. The fraction of sp³-hybridized carbons (Fsp3) is 0.0476. The average molecular weight is 504 g/mol. The van der Waals surface area contributed by atoms with E-state index in [1.807, 2.05) is 54.6 Å². The number of rotatable bonds is 6. The number of hydrogen-bond donors (Lipinski definition) is 2. The number of phenols is 1. The van der Waals surface area contributed by atoms with Gasteiger partial charge in [-0.25, -0.2) is 5.43 Å². The molecule has 1 amide bonds. The van der Waals surface area contributed by atoms with Gasteiger partial charge in [0.1, 0.15) is 18.1 Å². The molecule has 0 atom stereocenters. The number of aromatic hydroxyl groups is 1. The van der Waals surface area contributed by atoms with Crippen molar-refractivity contribution >= 4 is 44.0 Å². The Hall–Kier alpha value is -2.64. The molecule has 3 aromatic carbocycles. The van der Waals surface area contributed by atoms with E-state index in [0.29, 0.717) is 21.3 Å². The Labute approximate surface area is 179 Å². The predicted octanol–water partition coefficient (Wildman–Crippen LogP) is 5.26. The molecule has 0 heterocycles. The first-order valence-corrected chi connectivity index (χ1v) is 9.90. The number of halogens is 2. The van der Waals surface area contributed by atoms with Gasteiger partial charge >= 0.3 is 0 Å². The highest BCUT2D eigenvalue weighted by Gasteiger charge is 2.14. The fourth-order valence-electron chi connectivity index (χ4n) is 2.41. The Bertz CT molecular complexity index is 1010. The number of carbonyl (C=O) groups excluding carboxylic acids is 1. The molecular formula is C21H16Br2N2O3. The van der Waals surface area contributed by atoms with Crippen molar-refractivity contribution < 1.29 is 14.6 Å². The summed E-state index contributed by atoms with van der Waals surface area (Å²) in [6.07, 6.45) is 1.50. The molecule has 0 fully saturated rings. The zero-order valence-corrected chi connectivity index (χ0v) is 17.8. The molecule has 0 aliphatic heterocycles. The molecule has 3 rings (SSSR count). The van der Waals surface area contributed by atoms with Crippen molar-refractivity contribution in [1.82, 2.24) is 5.43 Å². The standard InChI is InChI=1S/C21H16Br2N2O3/c22-16-10-17(20(26)18(23)11-16)21(27)25-24-12-15-8-4-5-9-19(15)28-13-14-6-2-1-3-7-14/h1-12,26H,13H2,(H,25,27)/b24-12+. The van der Waals surface area contributed by atoms with E-state index in [9.17, 15) is 9.90 Å². The molecule has 0 radical (unpaired) electrons. The van der Waals surface area contributed by atoms with Gasteiger partial charge in [-0.2, -0.15) is 5.10 Å². The van der Waals surface area contributed by atoms with E-state index in [2.05, 4.69) is 42.4 Å². The van der Waals surface area contributed by atoms with E-state index >= 15 is 0 Å². The highest BCUT2D eigenvalue weighted by Crippen LogP contribution is 2.31. The van der Waals surface area contributed by atoms with Gasteiger partial charge in [0.15, 0.2) is 0 Å². The molecule has 0 aliphatic carbocycles. The van der Waals surface area contributed by atoms with Gasteiger partial charge in [0.2, 0.25) is 0 Å². The van der Waals surface area contributed by atoms with Crippen LogP contribution in [-0.2, 0) is 6.61 Å². The summed E-state index contributed by atoms with van der Waals surface area (Å²) < 4.78 is 6.93. The second-order valence-electron chi connectivity index (χ2n) is 5.80. The van der Waals surface area contributed by atoms with Crippen LogP contribution in [0.4, 0.5) is 0 Å².